The Bertz CT molecular complexity index is 613. The second-order valence-electron chi connectivity index (χ2n) is 7.75. The van der Waals surface area contributed by atoms with Gasteiger partial charge in [-0.25, -0.2) is 0 Å². The van der Waals surface area contributed by atoms with Crippen molar-refractivity contribution in [1.82, 2.24) is 21.3 Å². The lowest BCUT2D eigenvalue weighted by Gasteiger charge is -2.26. The Balaban J connectivity index is 1.78. The van der Waals surface area contributed by atoms with Crippen molar-refractivity contribution in [2.75, 3.05) is 13.2 Å². The number of hydrogen-bond donors (Lipinski definition) is 5. The maximum Gasteiger partial charge on any atom is 0.478 e. The Labute approximate surface area is 171 Å². The van der Waals surface area contributed by atoms with Crippen LogP contribution in [-0.2, 0) is 23.8 Å². The Morgan fingerprint density at radius 3 is 2.38 bits per heavy atom. The van der Waals surface area contributed by atoms with E-state index in [1.807, 2.05) is 0 Å². The standard InChI is InChI=1S/C18H31BN4O6/c1-11(21-18(27)16(22-12(2)24)13-6-3-4-7-13)17(26)20-10-15(25)23-14-8-5-9-29-19(14)28/h11,13-14,16,28H,3-10H2,1-2H3,(H,20,26)(H,21,27)(H,22,24)(H,23,25)/t11-,14-,16-/m0/s1. The molecule has 0 aromatic carbocycles. The van der Waals surface area contributed by atoms with Gasteiger partial charge in [-0.2, -0.15) is 0 Å². The van der Waals surface area contributed by atoms with E-state index in [-0.39, 0.29) is 18.4 Å². The maximum absolute atomic E-state index is 12.6. The minimum absolute atomic E-state index is 0.0593. The number of amides is 4. The molecule has 1 aliphatic carbocycles. The topological polar surface area (TPSA) is 146 Å². The van der Waals surface area contributed by atoms with E-state index in [1.54, 1.807) is 0 Å². The molecular weight excluding hydrogens is 379 g/mol. The SMILES string of the molecule is CC(=O)N[C@H](C(=O)N[C@@H](C)C(=O)NCC(=O)N[C@H]1CCCOB1O)C1CCCC1. The summed E-state index contributed by atoms with van der Waals surface area (Å²) in [5.41, 5.74) is 0. The summed E-state index contributed by atoms with van der Waals surface area (Å²) in [7, 11) is -1.05. The molecule has 162 valence electrons. The average molecular weight is 410 g/mol. The third-order valence-electron chi connectivity index (χ3n) is 5.33. The summed E-state index contributed by atoms with van der Waals surface area (Å²) >= 11 is 0. The third kappa shape index (κ3) is 7.32. The minimum Gasteiger partial charge on any atom is -0.426 e. The van der Waals surface area contributed by atoms with E-state index in [0.717, 1.165) is 32.1 Å². The van der Waals surface area contributed by atoms with Gasteiger partial charge in [-0.3, -0.25) is 19.2 Å². The zero-order chi connectivity index (χ0) is 21.4. The van der Waals surface area contributed by atoms with E-state index >= 15 is 0 Å². The van der Waals surface area contributed by atoms with Gasteiger partial charge in [-0.05, 0) is 38.5 Å². The molecule has 0 bridgehead atoms. The Kier molecular flexibility index (Phi) is 8.90. The van der Waals surface area contributed by atoms with Crippen LogP contribution in [0.3, 0.4) is 0 Å². The highest BCUT2D eigenvalue weighted by Gasteiger charge is 2.33. The van der Waals surface area contributed by atoms with Crippen molar-refractivity contribution in [3.05, 3.63) is 0 Å². The fraction of sp³-hybridized carbons (Fsp3) is 0.778. The van der Waals surface area contributed by atoms with Gasteiger partial charge < -0.3 is 30.9 Å². The summed E-state index contributed by atoms with van der Waals surface area (Å²) in [4.78, 5) is 48.3. The predicted molar refractivity (Wildman–Crippen MR) is 105 cm³/mol. The highest BCUT2D eigenvalue weighted by atomic mass is 16.5. The molecule has 0 spiro atoms. The second kappa shape index (κ2) is 11.2. The molecule has 5 N–H and O–H groups in total. The van der Waals surface area contributed by atoms with E-state index in [1.165, 1.54) is 13.8 Å². The highest BCUT2D eigenvalue weighted by Crippen LogP contribution is 2.28. The molecule has 4 amide bonds. The molecule has 3 atom stereocenters. The van der Waals surface area contributed by atoms with Crippen molar-refractivity contribution >= 4 is 30.7 Å². The van der Waals surface area contributed by atoms with Crippen LogP contribution in [0, 0.1) is 5.92 Å². The van der Waals surface area contributed by atoms with Gasteiger partial charge >= 0.3 is 7.12 Å². The van der Waals surface area contributed by atoms with Crippen LogP contribution in [0.5, 0.6) is 0 Å². The van der Waals surface area contributed by atoms with E-state index in [0.29, 0.717) is 13.0 Å². The number of hydrogen-bond acceptors (Lipinski definition) is 6. The van der Waals surface area contributed by atoms with Crippen LogP contribution in [0.2, 0.25) is 0 Å². The summed E-state index contributed by atoms with van der Waals surface area (Å²) in [5.74, 6) is -2.10. The van der Waals surface area contributed by atoms with Crippen LogP contribution in [0.25, 0.3) is 0 Å². The lowest BCUT2D eigenvalue weighted by molar-refractivity contribution is -0.133. The zero-order valence-corrected chi connectivity index (χ0v) is 17.0. The molecule has 1 heterocycles. The maximum atomic E-state index is 12.6. The molecule has 1 saturated carbocycles. The molecular formula is C18H31BN4O6. The van der Waals surface area contributed by atoms with Crippen LogP contribution in [0.15, 0.2) is 0 Å². The van der Waals surface area contributed by atoms with Crippen LogP contribution in [0.1, 0.15) is 52.4 Å². The highest BCUT2D eigenvalue weighted by molar-refractivity contribution is 6.45. The van der Waals surface area contributed by atoms with Gasteiger partial charge in [0.05, 0.1) is 12.5 Å². The Hall–Kier alpha value is -2.14. The molecule has 0 aromatic heterocycles. The number of nitrogens with one attached hydrogen (secondary N) is 4. The molecule has 10 nitrogen and oxygen atoms in total. The summed E-state index contributed by atoms with van der Waals surface area (Å²) < 4.78 is 5.07. The first kappa shape index (κ1) is 23.1. The van der Waals surface area contributed by atoms with E-state index in [9.17, 15) is 24.2 Å². The zero-order valence-electron chi connectivity index (χ0n) is 17.0. The fourth-order valence-corrected chi connectivity index (χ4v) is 3.76. The number of carbonyl (C=O) groups excluding carboxylic acids is 4. The first-order chi connectivity index (χ1) is 13.8. The van der Waals surface area contributed by atoms with Crippen LogP contribution >= 0.6 is 0 Å². The molecule has 1 saturated heterocycles. The van der Waals surface area contributed by atoms with Gasteiger partial charge in [0.15, 0.2) is 0 Å². The summed E-state index contributed by atoms with van der Waals surface area (Å²) in [6.07, 6.45) is 5.07. The van der Waals surface area contributed by atoms with Gasteiger partial charge in [0.2, 0.25) is 23.6 Å². The smallest absolute Gasteiger partial charge is 0.426 e. The predicted octanol–water partition coefficient (Wildman–Crippen LogP) is -1.38. The van der Waals surface area contributed by atoms with Crippen molar-refractivity contribution in [1.29, 1.82) is 0 Å². The normalized spacial score (nSPS) is 21.8. The largest absolute Gasteiger partial charge is 0.478 e. The van der Waals surface area contributed by atoms with Crippen LogP contribution in [0.4, 0.5) is 0 Å². The van der Waals surface area contributed by atoms with Gasteiger partial charge in [0.1, 0.15) is 12.1 Å². The van der Waals surface area contributed by atoms with Gasteiger partial charge in [-0.1, -0.05) is 12.8 Å². The molecule has 0 radical (unpaired) electrons. The van der Waals surface area contributed by atoms with Crippen molar-refractivity contribution in [2.45, 2.75) is 70.4 Å². The van der Waals surface area contributed by atoms with Crippen LogP contribution in [-0.4, -0.2) is 66.9 Å². The summed E-state index contributed by atoms with van der Waals surface area (Å²) in [6, 6.07) is -1.53. The summed E-state index contributed by atoms with van der Waals surface area (Å²) in [6.45, 7) is 3.05. The minimum atomic E-state index is -1.05. The van der Waals surface area contributed by atoms with E-state index in [2.05, 4.69) is 21.3 Å². The summed E-state index contributed by atoms with van der Waals surface area (Å²) in [5, 5.41) is 20.1. The first-order valence-corrected chi connectivity index (χ1v) is 10.2. The number of carbonyl (C=O) groups is 4. The van der Waals surface area contributed by atoms with Gasteiger partial charge in [0, 0.05) is 13.5 Å². The number of rotatable bonds is 8. The lowest BCUT2D eigenvalue weighted by Crippen LogP contribution is -2.56. The van der Waals surface area contributed by atoms with Crippen molar-refractivity contribution in [2.24, 2.45) is 5.92 Å². The fourth-order valence-electron chi connectivity index (χ4n) is 3.76. The molecule has 1 aliphatic heterocycles. The second-order valence-corrected chi connectivity index (χ2v) is 7.75. The molecule has 0 aromatic rings. The van der Waals surface area contributed by atoms with Crippen LogP contribution < -0.4 is 21.3 Å². The van der Waals surface area contributed by atoms with E-state index in [4.69, 9.17) is 4.65 Å². The molecule has 29 heavy (non-hydrogen) atoms. The Morgan fingerprint density at radius 1 is 1.07 bits per heavy atom. The quantitative estimate of drug-likeness (QED) is 0.312. The van der Waals surface area contributed by atoms with Crippen molar-refractivity contribution in [3.63, 3.8) is 0 Å². The molecule has 2 fully saturated rings. The van der Waals surface area contributed by atoms with Gasteiger partial charge in [0.25, 0.3) is 0 Å². The van der Waals surface area contributed by atoms with Gasteiger partial charge in [-0.15, -0.1) is 0 Å². The first-order valence-electron chi connectivity index (χ1n) is 10.2. The molecule has 11 heteroatoms. The molecule has 2 rings (SSSR count). The monoisotopic (exact) mass is 410 g/mol. The van der Waals surface area contributed by atoms with Crippen molar-refractivity contribution < 1.29 is 28.9 Å². The third-order valence-corrected chi connectivity index (χ3v) is 5.33. The van der Waals surface area contributed by atoms with Crippen molar-refractivity contribution in [3.8, 4) is 0 Å². The van der Waals surface area contributed by atoms with E-state index < -0.39 is 42.9 Å². The Morgan fingerprint density at radius 2 is 1.76 bits per heavy atom. The molecule has 0 unspecified atom stereocenters. The average Bonchev–Trinajstić information content (AvgIpc) is 3.20. The lowest BCUT2D eigenvalue weighted by atomic mass is 9.74. The molecule has 2 aliphatic rings.